The number of carboxylic acids is 1. The molecule has 0 aromatic carbocycles. The van der Waals surface area contributed by atoms with Crippen LogP contribution in [0.3, 0.4) is 0 Å². The Morgan fingerprint density at radius 2 is 2.19 bits per heavy atom. The second kappa shape index (κ2) is 5.59. The Morgan fingerprint density at radius 1 is 1.43 bits per heavy atom. The van der Waals surface area contributed by atoms with E-state index in [0.29, 0.717) is 5.56 Å². The molecule has 0 atom stereocenters. The minimum atomic E-state index is -3.92. The molecule has 2 rings (SSSR count). The fourth-order valence-electron chi connectivity index (χ4n) is 1.43. The Bertz CT molecular complexity index is 804. The van der Waals surface area contributed by atoms with Crippen LogP contribution in [0.15, 0.2) is 35.6 Å². The summed E-state index contributed by atoms with van der Waals surface area (Å²) in [5, 5.41) is 20.9. The number of anilines is 1. The van der Waals surface area contributed by atoms with Crippen molar-refractivity contribution in [2.75, 3.05) is 4.72 Å². The zero-order valence-electron chi connectivity index (χ0n) is 10.5. The van der Waals surface area contributed by atoms with Crippen LogP contribution >= 0.6 is 0 Å². The molecule has 10 heteroatoms. The predicted octanol–water partition coefficient (Wildman–Crippen LogP) is 0.0352. The highest BCUT2D eigenvalue weighted by molar-refractivity contribution is 7.92. The van der Waals surface area contributed by atoms with E-state index in [9.17, 15) is 13.2 Å². The molecule has 2 aromatic heterocycles. The quantitative estimate of drug-likeness (QED) is 0.794. The fourth-order valence-corrected chi connectivity index (χ4v) is 2.39. The molecule has 0 bridgehead atoms. The van der Waals surface area contributed by atoms with E-state index in [1.54, 1.807) is 0 Å². The van der Waals surface area contributed by atoms with Crippen LogP contribution in [0.5, 0.6) is 0 Å². The Kier molecular flexibility index (Phi) is 3.86. The first kappa shape index (κ1) is 14.5. The summed E-state index contributed by atoms with van der Waals surface area (Å²) in [5.41, 5.74) is 0.298. The van der Waals surface area contributed by atoms with Gasteiger partial charge in [-0.1, -0.05) is 0 Å². The summed E-state index contributed by atoms with van der Waals surface area (Å²) in [7, 11) is -3.92. The minimum Gasteiger partial charge on any atom is -0.480 e. The molecule has 0 unspecified atom stereocenters. The summed E-state index contributed by atoms with van der Waals surface area (Å²) in [6.45, 7) is -0.440. The number of hydrogen-bond acceptors (Lipinski definition) is 6. The van der Waals surface area contributed by atoms with Crippen molar-refractivity contribution in [1.29, 1.82) is 5.26 Å². The Labute approximate surface area is 119 Å². The fraction of sp³-hybridized carbons (Fsp3) is 0.0909. The van der Waals surface area contributed by atoms with Gasteiger partial charge in [0.2, 0.25) is 0 Å². The third kappa shape index (κ3) is 3.54. The number of pyridine rings is 1. The van der Waals surface area contributed by atoms with E-state index in [-0.39, 0.29) is 10.7 Å². The van der Waals surface area contributed by atoms with Crippen molar-refractivity contribution in [3.63, 3.8) is 0 Å². The molecule has 21 heavy (non-hydrogen) atoms. The first-order valence-electron chi connectivity index (χ1n) is 5.54. The van der Waals surface area contributed by atoms with Crippen molar-refractivity contribution in [3.8, 4) is 6.07 Å². The van der Waals surface area contributed by atoms with Crippen LogP contribution in [0, 0.1) is 11.3 Å². The average molecular weight is 307 g/mol. The topological polar surface area (TPSA) is 138 Å². The number of nitrogens with zero attached hydrogens (tertiary/aromatic N) is 4. The summed E-state index contributed by atoms with van der Waals surface area (Å²) in [5.74, 6) is -1.09. The van der Waals surface area contributed by atoms with Gasteiger partial charge in [-0.25, -0.2) is 13.4 Å². The van der Waals surface area contributed by atoms with Gasteiger partial charge < -0.3 is 5.11 Å². The lowest BCUT2D eigenvalue weighted by Gasteiger charge is -2.04. The van der Waals surface area contributed by atoms with Crippen LogP contribution in [0.2, 0.25) is 0 Å². The third-order valence-corrected chi connectivity index (χ3v) is 3.66. The van der Waals surface area contributed by atoms with Crippen LogP contribution in [-0.2, 0) is 21.4 Å². The van der Waals surface area contributed by atoms with Gasteiger partial charge in [-0.2, -0.15) is 10.4 Å². The van der Waals surface area contributed by atoms with Crippen LogP contribution in [0.25, 0.3) is 0 Å². The molecule has 0 saturated heterocycles. The lowest BCUT2D eigenvalue weighted by atomic mass is 10.3. The molecular formula is C11H9N5O4S. The Morgan fingerprint density at radius 3 is 2.76 bits per heavy atom. The van der Waals surface area contributed by atoms with Crippen LogP contribution < -0.4 is 4.72 Å². The summed E-state index contributed by atoms with van der Waals surface area (Å²) in [6.07, 6.45) is 3.36. The van der Waals surface area contributed by atoms with E-state index in [0.717, 1.165) is 17.1 Å². The molecule has 0 amide bonds. The standard InChI is InChI=1S/C11H9N5O4S/c12-3-8-1-2-10(13-4-8)15-21(19,20)9-5-14-16(6-9)7-11(17)18/h1-2,4-6H,7H2,(H,13,15)(H,17,18). The van der Waals surface area contributed by atoms with Gasteiger partial charge >= 0.3 is 5.97 Å². The van der Waals surface area contributed by atoms with Crippen molar-refractivity contribution < 1.29 is 18.3 Å². The van der Waals surface area contributed by atoms with Gasteiger partial charge in [0.1, 0.15) is 23.3 Å². The molecule has 2 aromatic rings. The number of carboxylic acid groups (broad SMARTS) is 1. The first-order chi connectivity index (χ1) is 9.90. The molecule has 0 spiro atoms. The van der Waals surface area contributed by atoms with E-state index < -0.39 is 22.5 Å². The lowest BCUT2D eigenvalue weighted by molar-refractivity contribution is -0.137. The highest BCUT2D eigenvalue weighted by atomic mass is 32.2. The van der Waals surface area contributed by atoms with Crippen LogP contribution in [0.4, 0.5) is 5.82 Å². The number of rotatable bonds is 5. The highest BCUT2D eigenvalue weighted by Gasteiger charge is 2.17. The smallest absolute Gasteiger partial charge is 0.325 e. The van der Waals surface area contributed by atoms with Crippen molar-refractivity contribution in [1.82, 2.24) is 14.8 Å². The van der Waals surface area contributed by atoms with E-state index in [2.05, 4.69) is 14.8 Å². The van der Waals surface area contributed by atoms with Gasteiger partial charge in [-0.05, 0) is 12.1 Å². The molecule has 2 heterocycles. The number of hydrogen-bond donors (Lipinski definition) is 2. The molecular weight excluding hydrogens is 298 g/mol. The van der Waals surface area contributed by atoms with Crippen molar-refractivity contribution in [3.05, 3.63) is 36.3 Å². The number of nitrogens with one attached hydrogen (secondary N) is 1. The monoisotopic (exact) mass is 307 g/mol. The third-order valence-electron chi connectivity index (χ3n) is 2.35. The predicted molar refractivity (Wildman–Crippen MR) is 69.6 cm³/mol. The molecule has 0 radical (unpaired) electrons. The molecule has 108 valence electrons. The van der Waals surface area contributed by atoms with Crippen LogP contribution in [0.1, 0.15) is 5.56 Å². The highest BCUT2D eigenvalue weighted by Crippen LogP contribution is 2.13. The number of carbonyl (C=O) groups is 1. The van der Waals surface area contributed by atoms with E-state index in [1.807, 2.05) is 6.07 Å². The molecule has 0 saturated carbocycles. The lowest BCUT2D eigenvalue weighted by Crippen LogP contribution is -2.13. The maximum atomic E-state index is 12.0. The van der Waals surface area contributed by atoms with Crippen molar-refractivity contribution >= 4 is 21.8 Å². The summed E-state index contributed by atoms with van der Waals surface area (Å²) in [6, 6.07) is 4.62. The SMILES string of the molecule is N#Cc1ccc(NS(=O)(=O)c2cnn(CC(=O)O)c2)nc1. The number of aliphatic carboxylic acids is 1. The largest absolute Gasteiger partial charge is 0.480 e. The van der Waals surface area contributed by atoms with E-state index in [1.165, 1.54) is 18.3 Å². The summed E-state index contributed by atoms with van der Waals surface area (Å²) in [4.78, 5) is 14.1. The second-order valence-corrected chi connectivity index (χ2v) is 5.60. The van der Waals surface area contributed by atoms with E-state index >= 15 is 0 Å². The molecule has 0 aliphatic carbocycles. The Balaban J connectivity index is 2.19. The number of sulfonamides is 1. The molecule has 0 aliphatic heterocycles. The van der Waals surface area contributed by atoms with Crippen molar-refractivity contribution in [2.45, 2.75) is 11.4 Å². The molecule has 0 fully saturated rings. The zero-order chi connectivity index (χ0) is 15.5. The first-order valence-corrected chi connectivity index (χ1v) is 7.02. The van der Waals surface area contributed by atoms with Crippen molar-refractivity contribution in [2.24, 2.45) is 0 Å². The van der Waals surface area contributed by atoms with Gasteiger partial charge in [-0.15, -0.1) is 0 Å². The van der Waals surface area contributed by atoms with Gasteiger partial charge in [0.15, 0.2) is 0 Å². The van der Waals surface area contributed by atoms with Gasteiger partial charge in [-0.3, -0.25) is 14.2 Å². The minimum absolute atomic E-state index is 0.0417. The maximum absolute atomic E-state index is 12.0. The normalized spacial score (nSPS) is 10.8. The average Bonchev–Trinajstić information content (AvgIpc) is 2.88. The van der Waals surface area contributed by atoms with Gasteiger partial charge in [0, 0.05) is 12.4 Å². The molecule has 2 N–H and O–H groups in total. The number of nitriles is 1. The summed E-state index contributed by atoms with van der Waals surface area (Å²) < 4.78 is 27.3. The van der Waals surface area contributed by atoms with Gasteiger partial charge in [0.25, 0.3) is 10.0 Å². The number of aromatic nitrogens is 3. The molecule has 9 nitrogen and oxygen atoms in total. The van der Waals surface area contributed by atoms with Crippen LogP contribution in [-0.4, -0.2) is 34.3 Å². The summed E-state index contributed by atoms with van der Waals surface area (Å²) >= 11 is 0. The van der Waals surface area contributed by atoms with E-state index in [4.69, 9.17) is 10.4 Å². The second-order valence-electron chi connectivity index (χ2n) is 3.92. The molecule has 0 aliphatic rings. The zero-order valence-corrected chi connectivity index (χ0v) is 11.3. The maximum Gasteiger partial charge on any atom is 0.325 e. The Hall–Kier alpha value is -2.93. The van der Waals surface area contributed by atoms with Gasteiger partial charge in [0.05, 0.1) is 11.8 Å².